The lowest BCUT2D eigenvalue weighted by molar-refractivity contribution is -0.147. The van der Waals surface area contributed by atoms with Crippen molar-refractivity contribution in [3.63, 3.8) is 0 Å². The zero-order valence-corrected chi connectivity index (χ0v) is 17.3. The zero-order valence-electron chi connectivity index (χ0n) is 17.3. The number of piperidine rings is 1. The molecule has 168 valence electrons. The average molecular weight is 443 g/mol. The molecule has 0 saturated carbocycles. The summed E-state index contributed by atoms with van der Waals surface area (Å²) in [4.78, 5) is 58.0. The maximum Gasteiger partial charge on any atom is 0.315 e. The van der Waals surface area contributed by atoms with Gasteiger partial charge in [-0.15, -0.1) is 0 Å². The van der Waals surface area contributed by atoms with Crippen molar-refractivity contribution >= 4 is 29.5 Å². The molecule has 1 aliphatic rings. The van der Waals surface area contributed by atoms with E-state index in [1.807, 2.05) is 0 Å². The van der Waals surface area contributed by atoms with Gasteiger partial charge in [0.05, 0.1) is 7.11 Å². The first kappa shape index (κ1) is 22.8. The molecule has 32 heavy (non-hydrogen) atoms. The van der Waals surface area contributed by atoms with Crippen LogP contribution in [0.1, 0.15) is 40.1 Å². The van der Waals surface area contributed by atoms with Gasteiger partial charge in [0.2, 0.25) is 5.91 Å². The SMILES string of the molecule is COC(=O)CC(=O)N1CCC(NC(=O)c2nccnc2NC(=O)c2ccc(F)cc2)CC1. The lowest BCUT2D eigenvalue weighted by atomic mass is 10.0. The van der Waals surface area contributed by atoms with Crippen LogP contribution in [-0.2, 0) is 14.3 Å². The molecule has 0 spiro atoms. The molecule has 0 unspecified atom stereocenters. The van der Waals surface area contributed by atoms with Gasteiger partial charge in [-0.3, -0.25) is 19.2 Å². The Bertz CT molecular complexity index is 1010. The number of benzene rings is 1. The highest BCUT2D eigenvalue weighted by Gasteiger charge is 2.27. The van der Waals surface area contributed by atoms with E-state index in [9.17, 15) is 23.6 Å². The number of nitrogens with one attached hydrogen (secondary N) is 2. The van der Waals surface area contributed by atoms with Crippen LogP contribution in [0.15, 0.2) is 36.7 Å². The molecule has 2 aromatic rings. The van der Waals surface area contributed by atoms with Crippen molar-refractivity contribution in [1.29, 1.82) is 0 Å². The summed E-state index contributed by atoms with van der Waals surface area (Å²) in [5.41, 5.74) is 0.138. The number of hydrogen-bond donors (Lipinski definition) is 2. The third-order valence-electron chi connectivity index (χ3n) is 4.96. The first-order valence-corrected chi connectivity index (χ1v) is 9.90. The minimum absolute atomic E-state index is 0.0231. The van der Waals surface area contributed by atoms with Gasteiger partial charge >= 0.3 is 5.97 Å². The van der Waals surface area contributed by atoms with E-state index >= 15 is 0 Å². The van der Waals surface area contributed by atoms with Gasteiger partial charge in [0.15, 0.2) is 11.5 Å². The van der Waals surface area contributed by atoms with Gasteiger partial charge in [-0.25, -0.2) is 14.4 Å². The maximum absolute atomic E-state index is 13.1. The number of ether oxygens (including phenoxy) is 1. The number of esters is 1. The van der Waals surface area contributed by atoms with Crippen LogP contribution in [0.25, 0.3) is 0 Å². The molecule has 1 aromatic heterocycles. The van der Waals surface area contributed by atoms with Gasteiger partial charge in [-0.2, -0.15) is 0 Å². The second-order valence-corrected chi connectivity index (χ2v) is 7.10. The summed E-state index contributed by atoms with van der Waals surface area (Å²) >= 11 is 0. The minimum Gasteiger partial charge on any atom is -0.469 e. The minimum atomic E-state index is -0.594. The molecule has 3 rings (SSSR count). The fourth-order valence-electron chi connectivity index (χ4n) is 3.21. The molecule has 11 heteroatoms. The standard InChI is InChI=1S/C21H22FN5O5/c1-32-17(29)12-16(28)27-10-6-15(7-11-27)25-21(31)18-19(24-9-8-23-18)26-20(30)13-2-4-14(22)5-3-13/h2-5,8-9,15H,6-7,10-12H2,1H3,(H,25,31)(H,24,26,30). The molecule has 10 nitrogen and oxygen atoms in total. The number of amides is 3. The second kappa shape index (κ2) is 10.4. The van der Waals surface area contributed by atoms with E-state index in [1.165, 1.54) is 31.6 Å². The highest BCUT2D eigenvalue weighted by molar-refractivity contribution is 6.07. The van der Waals surface area contributed by atoms with Crippen LogP contribution in [0, 0.1) is 5.82 Å². The molecule has 1 fully saturated rings. The number of hydrogen-bond acceptors (Lipinski definition) is 7. The summed E-state index contributed by atoms with van der Waals surface area (Å²) in [6.07, 6.45) is 3.34. The van der Waals surface area contributed by atoms with Crippen molar-refractivity contribution in [2.75, 3.05) is 25.5 Å². The number of methoxy groups -OCH3 is 1. The predicted octanol–water partition coefficient (Wildman–Crippen LogP) is 1.15. The number of nitrogens with zero attached hydrogens (tertiary/aromatic N) is 3. The molecule has 0 bridgehead atoms. The monoisotopic (exact) mass is 443 g/mol. The predicted molar refractivity (Wildman–Crippen MR) is 110 cm³/mol. The molecule has 1 aliphatic heterocycles. The number of carbonyl (C=O) groups is 4. The zero-order chi connectivity index (χ0) is 23.1. The Balaban J connectivity index is 1.58. The summed E-state index contributed by atoms with van der Waals surface area (Å²) in [5, 5.41) is 5.35. The molecule has 0 atom stereocenters. The molecule has 3 amide bonds. The van der Waals surface area contributed by atoms with Crippen molar-refractivity contribution in [1.82, 2.24) is 20.2 Å². The fraction of sp³-hybridized carbons (Fsp3) is 0.333. The lowest BCUT2D eigenvalue weighted by Crippen LogP contribution is -2.47. The summed E-state index contributed by atoms with van der Waals surface area (Å²) < 4.78 is 17.6. The fourth-order valence-corrected chi connectivity index (χ4v) is 3.21. The lowest BCUT2D eigenvalue weighted by Gasteiger charge is -2.32. The largest absolute Gasteiger partial charge is 0.469 e. The van der Waals surface area contributed by atoms with E-state index < -0.39 is 23.6 Å². The van der Waals surface area contributed by atoms with Crippen molar-refractivity contribution in [2.24, 2.45) is 0 Å². The summed E-state index contributed by atoms with van der Waals surface area (Å²) in [5.74, 6) is -2.49. The third-order valence-corrected chi connectivity index (χ3v) is 4.96. The molecule has 0 aliphatic carbocycles. The van der Waals surface area contributed by atoms with Crippen LogP contribution in [0.4, 0.5) is 10.2 Å². The maximum atomic E-state index is 13.1. The Kier molecular flexibility index (Phi) is 7.42. The Labute approximate surface area is 183 Å². The Hall–Kier alpha value is -3.89. The normalized spacial score (nSPS) is 13.9. The topological polar surface area (TPSA) is 131 Å². The van der Waals surface area contributed by atoms with E-state index in [-0.39, 0.29) is 35.4 Å². The van der Waals surface area contributed by atoms with Crippen LogP contribution >= 0.6 is 0 Å². The van der Waals surface area contributed by atoms with Crippen LogP contribution in [0.5, 0.6) is 0 Å². The molecular formula is C21H22FN5O5. The Morgan fingerprint density at radius 3 is 2.38 bits per heavy atom. The number of likely N-dealkylation sites (tertiary alicyclic amines) is 1. The van der Waals surface area contributed by atoms with Crippen molar-refractivity contribution in [2.45, 2.75) is 25.3 Å². The second-order valence-electron chi connectivity index (χ2n) is 7.10. The summed E-state index contributed by atoms with van der Waals surface area (Å²) in [6, 6.07) is 4.72. The van der Waals surface area contributed by atoms with Gasteiger partial charge in [-0.1, -0.05) is 0 Å². The highest BCUT2D eigenvalue weighted by Crippen LogP contribution is 2.15. The van der Waals surface area contributed by atoms with E-state index in [2.05, 4.69) is 25.3 Å². The van der Waals surface area contributed by atoms with E-state index in [1.54, 1.807) is 4.90 Å². The van der Waals surface area contributed by atoms with Crippen LogP contribution in [0.2, 0.25) is 0 Å². The smallest absolute Gasteiger partial charge is 0.315 e. The molecular weight excluding hydrogens is 421 g/mol. The van der Waals surface area contributed by atoms with Gasteiger partial charge in [0, 0.05) is 37.1 Å². The highest BCUT2D eigenvalue weighted by atomic mass is 19.1. The first-order valence-electron chi connectivity index (χ1n) is 9.90. The Morgan fingerprint density at radius 1 is 1.06 bits per heavy atom. The van der Waals surface area contributed by atoms with Crippen LogP contribution in [-0.4, -0.2) is 64.8 Å². The van der Waals surface area contributed by atoms with Crippen LogP contribution in [0.3, 0.4) is 0 Å². The number of carbonyl (C=O) groups excluding carboxylic acids is 4. The van der Waals surface area contributed by atoms with E-state index in [0.29, 0.717) is 25.9 Å². The third kappa shape index (κ3) is 5.84. The number of anilines is 1. The Morgan fingerprint density at radius 2 is 1.72 bits per heavy atom. The number of halogens is 1. The molecule has 1 aromatic carbocycles. The van der Waals surface area contributed by atoms with Gasteiger partial charge in [0.1, 0.15) is 12.2 Å². The summed E-state index contributed by atoms with van der Waals surface area (Å²) in [7, 11) is 1.22. The first-order chi connectivity index (χ1) is 15.4. The van der Waals surface area contributed by atoms with E-state index in [4.69, 9.17) is 0 Å². The number of aromatic nitrogens is 2. The quantitative estimate of drug-likeness (QED) is 0.506. The van der Waals surface area contributed by atoms with Gasteiger partial charge < -0.3 is 20.3 Å². The van der Waals surface area contributed by atoms with Crippen molar-refractivity contribution in [3.8, 4) is 0 Å². The van der Waals surface area contributed by atoms with Crippen molar-refractivity contribution in [3.05, 3.63) is 53.7 Å². The van der Waals surface area contributed by atoms with Gasteiger partial charge in [0.25, 0.3) is 11.8 Å². The van der Waals surface area contributed by atoms with Gasteiger partial charge in [-0.05, 0) is 37.1 Å². The molecule has 2 heterocycles. The van der Waals surface area contributed by atoms with Crippen LogP contribution < -0.4 is 10.6 Å². The molecule has 2 N–H and O–H groups in total. The average Bonchev–Trinajstić information content (AvgIpc) is 2.80. The number of rotatable bonds is 6. The summed E-state index contributed by atoms with van der Waals surface area (Å²) in [6.45, 7) is 0.769. The van der Waals surface area contributed by atoms with E-state index in [0.717, 1.165) is 12.1 Å². The molecule has 1 saturated heterocycles. The molecule has 0 radical (unpaired) electrons. The van der Waals surface area contributed by atoms with Crippen molar-refractivity contribution < 1.29 is 28.3 Å².